The lowest BCUT2D eigenvalue weighted by Crippen LogP contribution is -2.27. The van der Waals surface area contributed by atoms with E-state index in [4.69, 9.17) is 0 Å². The van der Waals surface area contributed by atoms with Crippen molar-refractivity contribution in [1.29, 1.82) is 0 Å². The largest absolute Gasteiger partial charge is 0.432 e. The van der Waals surface area contributed by atoms with E-state index >= 15 is 0 Å². The van der Waals surface area contributed by atoms with Crippen molar-refractivity contribution in [3.63, 3.8) is 0 Å². The fourth-order valence-corrected chi connectivity index (χ4v) is 13.4. The van der Waals surface area contributed by atoms with Crippen LogP contribution in [0.4, 0.5) is 48.3 Å². The second kappa shape index (κ2) is 28.4. The Morgan fingerprint density at radius 3 is 1.52 bits per heavy atom. The third-order valence-electron chi connectivity index (χ3n) is 17.7. The molecule has 0 bridgehead atoms. The van der Waals surface area contributed by atoms with Crippen LogP contribution < -0.4 is 4.74 Å². The number of allylic oxidation sites excluding steroid dienone is 2. The van der Waals surface area contributed by atoms with Crippen LogP contribution in [-0.4, -0.2) is 0 Å². The molecule has 1 nitrogen and oxygen atoms in total. The molecule has 0 heterocycles. The fourth-order valence-electron chi connectivity index (χ4n) is 13.4. The third-order valence-corrected chi connectivity index (χ3v) is 17.7. The first kappa shape index (κ1) is 61.2. The molecule has 4 saturated carbocycles. The SMILES string of the molecule is C/C=C/C1CCC(C2CCC(C3CCCC3)CC2)CC1.CCCC1CCC(c2ccc(-c3ccc(F)c(F)c3F)cc2)CC1.CCCc1ccc(-c2ccc(-c3cc(F)c(C(F)(F)Oc4cc(F)c(F)c(F)c4)c(F)c3)c(F)c2)cc1. The molecule has 4 aliphatic carbocycles. The van der Waals surface area contributed by atoms with Crippen LogP contribution in [0.2, 0.25) is 0 Å². The quantitative estimate of drug-likeness (QED) is 0.0600. The summed E-state index contributed by atoms with van der Waals surface area (Å²) >= 11 is 0. The van der Waals surface area contributed by atoms with E-state index in [-0.39, 0.29) is 28.8 Å². The molecule has 6 aromatic rings. The van der Waals surface area contributed by atoms with E-state index in [1.165, 1.54) is 101 Å². The topological polar surface area (TPSA) is 9.23 Å². The van der Waals surface area contributed by atoms with Crippen molar-refractivity contribution in [2.24, 2.45) is 35.5 Å². The van der Waals surface area contributed by atoms with E-state index in [0.717, 1.165) is 66.0 Å². The molecule has 0 unspecified atom stereocenters. The second-order valence-electron chi connectivity index (χ2n) is 23.0. The summed E-state index contributed by atoms with van der Waals surface area (Å²) < 4.78 is 157. The van der Waals surface area contributed by atoms with Gasteiger partial charge in [-0.3, -0.25) is 0 Å². The number of aryl methyl sites for hydroxylation is 1. The maximum atomic E-state index is 14.9. The molecule has 4 fully saturated rings. The number of alkyl halides is 2. The monoisotopic (exact) mass is 1130 g/mol. The molecule has 0 N–H and O–H groups in total. The van der Waals surface area contributed by atoms with Gasteiger partial charge in [0.05, 0.1) is 0 Å². The molecule has 0 spiro atoms. The van der Waals surface area contributed by atoms with Gasteiger partial charge in [-0.2, -0.15) is 8.78 Å². The predicted molar refractivity (Wildman–Crippen MR) is 301 cm³/mol. The molecule has 0 radical (unpaired) electrons. The van der Waals surface area contributed by atoms with E-state index in [2.05, 4.69) is 30.7 Å². The van der Waals surface area contributed by atoms with Gasteiger partial charge in [-0.1, -0.05) is 132 Å². The molecule has 0 saturated heterocycles. The van der Waals surface area contributed by atoms with Gasteiger partial charge < -0.3 is 4.74 Å². The van der Waals surface area contributed by atoms with Crippen molar-refractivity contribution in [1.82, 2.24) is 0 Å². The van der Waals surface area contributed by atoms with E-state index in [1.807, 2.05) is 55.5 Å². The maximum absolute atomic E-state index is 14.9. The Balaban J connectivity index is 0.000000169. The zero-order chi connectivity index (χ0) is 57.8. The molecule has 81 heavy (non-hydrogen) atoms. The molecule has 0 atom stereocenters. The summed E-state index contributed by atoms with van der Waals surface area (Å²) in [5.74, 6) is -8.17. The van der Waals surface area contributed by atoms with Gasteiger partial charge in [0.15, 0.2) is 34.9 Å². The summed E-state index contributed by atoms with van der Waals surface area (Å²) in [4.78, 5) is 0. The van der Waals surface area contributed by atoms with Crippen LogP contribution in [0.25, 0.3) is 33.4 Å². The van der Waals surface area contributed by atoms with E-state index < -0.39 is 69.8 Å². The zero-order valence-electron chi connectivity index (χ0n) is 46.7. The van der Waals surface area contributed by atoms with Crippen molar-refractivity contribution in [3.8, 4) is 39.1 Å². The first-order valence-corrected chi connectivity index (χ1v) is 29.4. The van der Waals surface area contributed by atoms with Gasteiger partial charge in [0.25, 0.3) is 0 Å². The maximum Gasteiger partial charge on any atom is 0.432 e. The zero-order valence-corrected chi connectivity index (χ0v) is 46.7. The van der Waals surface area contributed by atoms with Gasteiger partial charge >= 0.3 is 6.11 Å². The molecular formula is C69H75F11O. The van der Waals surface area contributed by atoms with Gasteiger partial charge in [0.2, 0.25) is 0 Å². The lowest BCUT2D eigenvalue weighted by Gasteiger charge is -2.39. The van der Waals surface area contributed by atoms with Crippen LogP contribution in [0.5, 0.6) is 5.75 Å². The molecule has 12 heteroatoms. The standard InChI is InChI=1S/C28H18F8O.C21H23F3.C20H34/c1-2-3-15-4-6-16(7-5-15)17-8-9-20(21(29)10-17)18-11-22(30)26(23(31)12-18)28(35,36)37-19-13-24(32)27(34)25(33)14-19;1-2-3-14-4-6-15(7-5-14)16-8-10-17(11-9-16)18-12-13-19(22)21(24)20(18)23;1-2-5-16-8-10-18(11-9-16)20-14-12-19(13-15-20)17-6-3-4-7-17/h4-14H,2-3H2,1H3;8-15H,2-7H2,1H3;2,5,16-20H,3-4,6-15H2,1H3/b;;5-2+. The summed E-state index contributed by atoms with van der Waals surface area (Å²) in [5, 5.41) is 0. The Labute approximate surface area is 471 Å². The lowest BCUT2D eigenvalue weighted by molar-refractivity contribution is -0.189. The van der Waals surface area contributed by atoms with Gasteiger partial charge in [0.1, 0.15) is 28.8 Å². The van der Waals surface area contributed by atoms with E-state index in [1.54, 1.807) is 38.5 Å². The van der Waals surface area contributed by atoms with Crippen LogP contribution in [0.1, 0.15) is 165 Å². The van der Waals surface area contributed by atoms with Gasteiger partial charge in [-0.15, -0.1) is 0 Å². The summed E-state index contributed by atoms with van der Waals surface area (Å²) in [6.07, 6.45) is 27.8. The summed E-state index contributed by atoms with van der Waals surface area (Å²) in [5.41, 5.74) is 1.79. The van der Waals surface area contributed by atoms with E-state index in [0.29, 0.717) is 34.7 Å². The lowest BCUT2D eigenvalue weighted by atomic mass is 9.67. The van der Waals surface area contributed by atoms with Crippen molar-refractivity contribution >= 4 is 0 Å². The number of hydrogen-bond acceptors (Lipinski definition) is 1. The molecular weight excluding hydrogens is 1050 g/mol. The van der Waals surface area contributed by atoms with Crippen LogP contribution in [0, 0.1) is 87.9 Å². The Hall–Kier alpha value is -5.91. The molecule has 4 aliphatic rings. The third kappa shape index (κ3) is 15.6. The highest BCUT2D eigenvalue weighted by Gasteiger charge is 2.42. The molecule has 0 aliphatic heterocycles. The Morgan fingerprint density at radius 2 is 0.975 bits per heavy atom. The number of hydrogen-bond donors (Lipinski definition) is 0. The number of halogens is 11. The second-order valence-corrected chi connectivity index (χ2v) is 23.0. The highest BCUT2D eigenvalue weighted by atomic mass is 19.3. The highest BCUT2D eigenvalue weighted by Crippen LogP contribution is 2.46. The Bertz CT molecular complexity index is 2970. The van der Waals surface area contributed by atoms with Crippen LogP contribution in [-0.2, 0) is 12.5 Å². The Kier molecular flexibility index (Phi) is 21.4. The minimum absolute atomic E-state index is 0.102. The van der Waals surface area contributed by atoms with Gasteiger partial charge in [-0.05, 0) is 196 Å². The number of benzene rings is 6. The smallest absolute Gasteiger partial charge is 0.429 e. The first-order valence-electron chi connectivity index (χ1n) is 29.4. The molecule has 0 amide bonds. The van der Waals surface area contributed by atoms with Crippen LogP contribution in [0.3, 0.4) is 0 Å². The summed E-state index contributed by atoms with van der Waals surface area (Å²) in [6, 6.07) is 22.4. The molecule has 6 aromatic carbocycles. The Morgan fingerprint density at radius 1 is 0.457 bits per heavy atom. The molecule has 0 aromatic heterocycles. The minimum atomic E-state index is -4.74. The van der Waals surface area contributed by atoms with Crippen molar-refractivity contribution in [2.45, 2.75) is 161 Å². The predicted octanol–water partition coefficient (Wildman–Crippen LogP) is 22.1. The van der Waals surface area contributed by atoms with Crippen LogP contribution in [0.15, 0.2) is 115 Å². The van der Waals surface area contributed by atoms with Crippen molar-refractivity contribution in [3.05, 3.63) is 184 Å². The van der Waals surface area contributed by atoms with Crippen LogP contribution >= 0.6 is 0 Å². The molecule has 434 valence electrons. The van der Waals surface area contributed by atoms with E-state index in [9.17, 15) is 48.3 Å². The first-order chi connectivity index (χ1) is 39.0. The number of ether oxygens (including phenoxy) is 1. The highest BCUT2D eigenvalue weighted by molar-refractivity contribution is 5.72. The van der Waals surface area contributed by atoms with Crippen molar-refractivity contribution < 1.29 is 53.0 Å². The van der Waals surface area contributed by atoms with Gasteiger partial charge in [0, 0.05) is 23.3 Å². The summed E-state index contributed by atoms with van der Waals surface area (Å²) in [7, 11) is 0. The van der Waals surface area contributed by atoms with Gasteiger partial charge in [-0.25, -0.2) is 39.5 Å². The average molecular weight is 1130 g/mol. The fraction of sp³-hybridized carbons (Fsp3) is 0.449. The normalized spacial score (nSPS) is 21.5. The summed E-state index contributed by atoms with van der Waals surface area (Å²) in [6.45, 7) is 6.46. The average Bonchev–Trinajstić information content (AvgIpc) is 4.02. The van der Waals surface area contributed by atoms with Crippen molar-refractivity contribution in [2.75, 3.05) is 0 Å². The molecule has 10 rings (SSSR count). The minimum Gasteiger partial charge on any atom is -0.429 e. The number of rotatable bonds is 14.